The highest BCUT2D eigenvalue weighted by atomic mass is 19.3. The fourth-order valence-electron chi connectivity index (χ4n) is 2.53. The lowest BCUT2D eigenvalue weighted by molar-refractivity contribution is -0.286. The molecular formula is C16H11F2N3O4. The zero-order chi connectivity index (χ0) is 18.0. The first-order valence-electron chi connectivity index (χ1n) is 7.15. The van der Waals surface area contributed by atoms with Gasteiger partial charge in [-0.1, -0.05) is 41.5 Å². The van der Waals surface area contributed by atoms with Crippen molar-refractivity contribution in [2.45, 2.75) is 18.8 Å². The lowest BCUT2D eigenvalue weighted by Crippen LogP contribution is -2.26. The van der Waals surface area contributed by atoms with E-state index in [4.69, 9.17) is 10.6 Å². The molecule has 0 amide bonds. The van der Waals surface area contributed by atoms with Gasteiger partial charge in [-0.2, -0.15) is 0 Å². The number of aliphatic carboxylic acids is 1. The van der Waals surface area contributed by atoms with Crippen LogP contribution in [-0.2, 0) is 11.2 Å². The van der Waals surface area contributed by atoms with E-state index in [0.717, 1.165) is 0 Å². The van der Waals surface area contributed by atoms with Crippen molar-refractivity contribution in [3.8, 4) is 22.6 Å². The minimum absolute atomic E-state index is 0.0320. The molecule has 25 heavy (non-hydrogen) atoms. The van der Waals surface area contributed by atoms with Gasteiger partial charge in [0.2, 0.25) is 0 Å². The van der Waals surface area contributed by atoms with Gasteiger partial charge in [-0.15, -0.1) is 8.78 Å². The quantitative estimate of drug-likeness (QED) is 0.502. The maximum absolute atomic E-state index is 13.3. The zero-order valence-electron chi connectivity index (χ0n) is 12.6. The fraction of sp³-hybridized carbons (Fsp3) is 0.188. The van der Waals surface area contributed by atoms with Crippen molar-refractivity contribution in [1.29, 1.82) is 0 Å². The van der Waals surface area contributed by atoms with Crippen LogP contribution < -0.4 is 9.47 Å². The van der Waals surface area contributed by atoms with Gasteiger partial charge >= 0.3 is 12.3 Å². The van der Waals surface area contributed by atoms with Crippen molar-refractivity contribution in [3.05, 3.63) is 58.5 Å². The van der Waals surface area contributed by atoms with Gasteiger partial charge in [-0.05, 0) is 29.1 Å². The van der Waals surface area contributed by atoms with Crippen molar-refractivity contribution in [2.75, 3.05) is 0 Å². The third-order valence-corrected chi connectivity index (χ3v) is 3.57. The van der Waals surface area contributed by atoms with Crippen LogP contribution in [0, 0.1) is 0 Å². The minimum Gasteiger partial charge on any atom is -0.481 e. The molecule has 9 heteroatoms. The first-order chi connectivity index (χ1) is 11.9. The number of para-hydroxylation sites is 1. The average Bonchev–Trinajstić information content (AvgIpc) is 2.88. The molecular weight excluding hydrogens is 336 g/mol. The maximum Gasteiger partial charge on any atom is 0.586 e. The number of ether oxygens (including phenoxy) is 2. The van der Waals surface area contributed by atoms with E-state index in [9.17, 15) is 13.6 Å². The van der Waals surface area contributed by atoms with Crippen molar-refractivity contribution < 1.29 is 28.2 Å². The van der Waals surface area contributed by atoms with E-state index in [1.165, 1.54) is 6.07 Å². The summed E-state index contributed by atoms with van der Waals surface area (Å²) < 4.78 is 35.6. The monoisotopic (exact) mass is 347 g/mol. The first-order valence-corrected chi connectivity index (χ1v) is 7.15. The van der Waals surface area contributed by atoms with Gasteiger partial charge < -0.3 is 14.6 Å². The minimum atomic E-state index is -3.73. The summed E-state index contributed by atoms with van der Waals surface area (Å²) >= 11 is 0. The number of alkyl halides is 2. The maximum atomic E-state index is 13.3. The summed E-state index contributed by atoms with van der Waals surface area (Å²) in [5.41, 5.74) is 9.94. The van der Waals surface area contributed by atoms with Crippen LogP contribution in [0.3, 0.4) is 0 Å². The molecule has 0 radical (unpaired) electrons. The molecule has 0 saturated carbocycles. The Hall–Kier alpha value is -3.32. The Bertz CT molecular complexity index is 879. The lowest BCUT2D eigenvalue weighted by Gasteiger charge is -2.10. The van der Waals surface area contributed by atoms with Crippen LogP contribution in [0.25, 0.3) is 21.6 Å². The Morgan fingerprint density at radius 3 is 2.76 bits per heavy atom. The second-order valence-corrected chi connectivity index (χ2v) is 5.26. The summed E-state index contributed by atoms with van der Waals surface area (Å²) in [4.78, 5) is 13.6. The number of halogens is 2. The molecule has 0 aliphatic carbocycles. The summed E-state index contributed by atoms with van der Waals surface area (Å²) in [6, 6.07) is 9.84. The van der Waals surface area contributed by atoms with E-state index in [1.807, 2.05) is 0 Å². The Kier molecular flexibility index (Phi) is 4.16. The van der Waals surface area contributed by atoms with Gasteiger partial charge in [0.25, 0.3) is 0 Å². The van der Waals surface area contributed by atoms with Crippen LogP contribution in [-0.4, -0.2) is 23.4 Å². The van der Waals surface area contributed by atoms with Gasteiger partial charge in [0.1, 0.15) is 6.04 Å². The third kappa shape index (κ3) is 3.46. The number of fused-ring (bicyclic) bond motifs is 1. The molecule has 128 valence electrons. The lowest BCUT2D eigenvalue weighted by atomic mass is 9.99. The third-order valence-electron chi connectivity index (χ3n) is 3.57. The molecule has 0 fully saturated rings. The first kappa shape index (κ1) is 16.5. The standard InChI is InChI=1S/C16H11F2N3O4/c17-16(18)24-13-6-2-5-11(14(13)25-16)10-4-1-3-9(7-10)8-12(15(22)23)20-21-19/h1-7,12H,8H2,(H,22,23)/t12-/m1/s1. The Morgan fingerprint density at radius 1 is 1.28 bits per heavy atom. The topological polar surface area (TPSA) is 105 Å². The van der Waals surface area contributed by atoms with E-state index in [1.54, 1.807) is 36.4 Å². The molecule has 0 spiro atoms. The molecule has 1 N–H and O–H groups in total. The molecule has 2 aromatic carbocycles. The highest BCUT2D eigenvalue weighted by Crippen LogP contribution is 2.47. The Morgan fingerprint density at radius 2 is 2.04 bits per heavy atom. The van der Waals surface area contributed by atoms with Gasteiger partial charge in [0.15, 0.2) is 11.5 Å². The van der Waals surface area contributed by atoms with E-state index < -0.39 is 18.3 Å². The molecule has 0 saturated heterocycles. The van der Waals surface area contributed by atoms with E-state index in [2.05, 4.69) is 19.5 Å². The molecule has 1 aliphatic heterocycles. The Labute approximate surface area is 140 Å². The molecule has 1 atom stereocenters. The van der Waals surface area contributed by atoms with Gasteiger partial charge in [0.05, 0.1) is 0 Å². The number of azide groups is 1. The van der Waals surface area contributed by atoms with Crippen LogP contribution in [0.5, 0.6) is 11.5 Å². The van der Waals surface area contributed by atoms with Crippen molar-refractivity contribution in [3.63, 3.8) is 0 Å². The molecule has 1 heterocycles. The number of carboxylic acids is 1. The van der Waals surface area contributed by atoms with Crippen molar-refractivity contribution in [2.24, 2.45) is 5.11 Å². The van der Waals surface area contributed by atoms with Crippen LogP contribution in [0.1, 0.15) is 5.56 Å². The number of hydrogen-bond acceptors (Lipinski definition) is 4. The number of carboxylic acid groups (broad SMARTS) is 1. The predicted molar refractivity (Wildman–Crippen MR) is 82.4 cm³/mol. The zero-order valence-corrected chi connectivity index (χ0v) is 12.6. The molecule has 2 aromatic rings. The summed E-state index contributed by atoms with van der Waals surface area (Å²) in [5.74, 6) is -1.42. The number of rotatable bonds is 5. The molecule has 0 unspecified atom stereocenters. The van der Waals surface area contributed by atoms with E-state index >= 15 is 0 Å². The molecule has 0 aromatic heterocycles. The van der Waals surface area contributed by atoms with Gasteiger partial charge in [-0.25, -0.2) is 0 Å². The molecule has 0 bridgehead atoms. The van der Waals surface area contributed by atoms with Crippen molar-refractivity contribution in [1.82, 2.24) is 0 Å². The van der Waals surface area contributed by atoms with E-state index in [-0.39, 0.29) is 17.9 Å². The molecule has 1 aliphatic rings. The summed E-state index contributed by atoms with van der Waals surface area (Å²) in [5, 5.41) is 12.3. The second kappa shape index (κ2) is 6.29. The normalized spacial score (nSPS) is 15.3. The smallest absolute Gasteiger partial charge is 0.481 e. The van der Waals surface area contributed by atoms with Gasteiger partial charge in [0, 0.05) is 10.5 Å². The number of carbonyl (C=O) groups is 1. The van der Waals surface area contributed by atoms with Crippen molar-refractivity contribution >= 4 is 5.97 Å². The highest BCUT2D eigenvalue weighted by Gasteiger charge is 2.44. The average molecular weight is 347 g/mol. The number of benzene rings is 2. The summed E-state index contributed by atoms with van der Waals surface area (Å²) in [7, 11) is 0. The fourth-order valence-corrected chi connectivity index (χ4v) is 2.53. The van der Waals surface area contributed by atoms with Crippen LogP contribution >= 0.6 is 0 Å². The highest BCUT2D eigenvalue weighted by molar-refractivity contribution is 5.76. The number of hydrogen-bond donors (Lipinski definition) is 1. The van der Waals surface area contributed by atoms with Crippen LogP contribution in [0.15, 0.2) is 47.6 Å². The second-order valence-electron chi connectivity index (χ2n) is 5.26. The summed E-state index contributed by atoms with van der Waals surface area (Å²) in [6.45, 7) is 0. The largest absolute Gasteiger partial charge is 0.586 e. The Balaban J connectivity index is 1.95. The SMILES string of the molecule is [N-]=[N+]=N[C@H](Cc1cccc(-c2cccc3c2OC(F)(F)O3)c1)C(=O)O. The number of nitrogens with zero attached hydrogens (tertiary/aromatic N) is 3. The van der Waals surface area contributed by atoms with Crippen LogP contribution in [0.2, 0.25) is 0 Å². The van der Waals surface area contributed by atoms with E-state index in [0.29, 0.717) is 16.7 Å². The predicted octanol–water partition coefficient (Wildman–Crippen LogP) is 3.98. The van der Waals surface area contributed by atoms with Crippen LogP contribution in [0.4, 0.5) is 8.78 Å². The van der Waals surface area contributed by atoms with Gasteiger partial charge in [-0.3, -0.25) is 4.79 Å². The molecule has 7 nitrogen and oxygen atoms in total. The summed E-state index contributed by atoms with van der Waals surface area (Å²) in [6.07, 6.45) is -3.76. The molecule has 3 rings (SSSR count).